The molecule has 104 valence electrons. The summed E-state index contributed by atoms with van der Waals surface area (Å²) in [6.07, 6.45) is 1.75. The lowest BCUT2D eigenvalue weighted by atomic mass is 10.1. The van der Waals surface area contributed by atoms with Crippen LogP contribution in [-0.2, 0) is 0 Å². The van der Waals surface area contributed by atoms with Gasteiger partial charge in [-0.25, -0.2) is 9.37 Å². The fourth-order valence-corrected chi connectivity index (χ4v) is 2.21. The summed E-state index contributed by atoms with van der Waals surface area (Å²) < 4.78 is 13.9. The van der Waals surface area contributed by atoms with Gasteiger partial charge in [0.15, 0.2) is 0 Å². The molecule has 1 N–H and O–H groups in total. The molecule has 0 aliphatic carbocycles. The van der Waals surface area contributed by atoms with E-state index in [1.165, 1.54) is 0 Å². The second kappa shape index (κ2) is 9.04. The Morgan fingerprint density at radius 2 is 2.00 bits per heavy atom. The lowest BCUT2D eigenvalue weighted by Gasteiger charge is -2.33. The average Bonchev–Trinajstić information content (AvgIpc) is 2.34. The molecule has 0 radical (unpaired) electrons. The molecule has 0 unspecified atom stereocenters. The number of aromatic nitrogens is 1. The molecule has 2 heterocycles. The van der Waals surface area contributed by atoms with Crippen molar-refractivity contribution in [1.82, 2.24) is 15.2 Å². The summed E-state index contributed by atoms with van der Waals surface area (Å²) in [5.41, 5.74) is 0.951. The van der Waals surface area contributed by atoms with Crippen molar-refractivity contribution in [2.45, 2.75) is 6.04 Å². The predicted octanol–water partition coefficient (Wildman–Crippen LogP) is 2.60. The maximum absolute atomic E-state index is 13.1. The lowest BCUT2D eigenvalue weighted by Crippen LogP contribution is -2.45. The molecule has 7 heteroatoms. The van der Waals surface area contributed by atoms with Crippen LogP contribution in [-0.4, -0.2) is 42.7 Å². The molecule has 1 atom stereocenters. The van der Waals surface area contributed by atoms with Crippen LogP contribution in [0.3, 0.4) is 0 Å². The van der Waals surface area contributed by atoms with Crippen molar-refractivity contribution in [2.75, 3.05) is 32.9 Å². The molecule has 1 fully saturated rings. The molecule has 3 nitrogen and oxygen atoms in total. The van der Waals surface area contributed by atoms with Gasteiger partial charge in [0.2, 0.25) is 0 Å². The van der Waals surface area contributed by atoms with Crippen molar-refractivity contribution in [3.63, 3.8) is 0 Å². The summed E-state index contributed by atoms with van der Waals surface area (Å²) in [5, 5.41) is 3.27. The molecule has 1 aliphatic heterocycles. The topological polar surface area (TPSA) is 28.2 Å². The van der Waals surface area contributed by atoms with Crippen molar-refractivity contribution in [1.29, 1.82) is 0 Å². The van der Waals surface area contributed by atoms with Gasteiger partial charge >= 0.3 is 0 Å². The van der Waals surface area contributed by atoms with E-state index >= 15 is 0 Å². The number of hydrogen-bond donors (Lipinski definition) is 1. The first-order valence-corrected chi connectivity index (χ1v) is 6.23. The standard InChI is InChI=1S/C11H15BrFN3.2ClH/c12-11-2-1-9(8-15-11)10(7-13)16-5-3-14-4-6-16;;/h1-2,8,10,14H,3-7H2;2*1H/t10-;;/m0../s1. The molecule has 0 bridgehead atoms. The number of halogens is 4. The highest BCUT2D eigenvalue weighted by atomic mass is 79.9. The van der Waals surface area contributed by atoms with Crippen molar-refractivity contribution in [3.05, 3.63) is 28.5 Å². The predicted molar refractivity (Wildman–Crippen MR) is 79.6 cm³/mol. The van der Waals surface area contributed by atoms with Crippen molar-refractivity contribution >= 4 is 40.7 Å². The molecule has 0 amide bonds. The fourth-order valence-electron chi connectivity index (χ4n) is 1.98. The van der Waals surface area contributed by atoms with E-state index in [1.54, 1.807) is 6.20 Å². The first kappa shape index (κ1) is 18.1. The van der Waals surface area contributed by atoms with Crippen LogP contribution in [0.5, 0.6) is 0 Å². The number of pyridine rings is 1. The van der Waals surface area contributed by atoms with E-state index in [2.05, 4.69) is 31.1 Å². The summed E-state index contributed by atoms with van der Waals surface area (Å²) in [4.78, 5) is 6.32. The van der Waals surface area contributed by atoms with Gasteiger partial charge in [0.1, 0.15) is 11.3 Å². The van der Waals surface area contributed by atoms with Crippen LogP contribution in [0.25, 0.3) is 0 Å². The normalized spacial score (nSPS) is 17.4. The van der Waals surface area contributed by atoms with E-state index in [4.69, 9.17) is 0 Å². The minimum absolute atomic E-state index is 0. The van der Waals surface area contributed by atoms with E-state index in [-0.39, 0.29) is 37.5 Å². The minimum Gasteiger partial charge on any atom is -0.314 e. The van der Waals surface area contributed by atoms with Gasteiger partial charge in [-0.3, -0.25) is 4.90 Å². The van der Waals surface area contributed by atoms with Gasteiger partial charge < -0.3 is 5.32 Å². The summed E-state index contributed by atoms with van der Waals surface area (Å²) in [6, 6.07) is 3.64. The molecular weight excluding hydrogens is 344 g/mol. The zero-order valence-corrected chi connectivity index (χ0v) is 13.0. The van der Waals surface area contributed by atoms with Crippen LogP contribution in [0.1, 0.15) is 11.6 Å². The number of hydrogen-bond acceptors (Lipinski definition) is 3. The molecular formula is C11H17BrCl2FN3. The van der Waals surface area contributed by atoms with Gasteiger partial charge in [0.05, 0.1) is 6.04 Å². The van der Waals surface area contributed by atoms with Gasteiger partial charge in [0, 0.05) is 32.4 Å². The lowest BCUT2D eigenvalue weighted by molar-refractivity contribution is 0.147. The molecule has 1 aliphatic rings. The van der Waals surface area contributed by atoms with Gasteiger partial charge in [-0.05, 0) is 27.6 Å². The summed E-state index contributed by atoms with van der Waals surface area (Å²) in [6.45, 7) is 3.29. The molecule has 1 aromatic heterocycles. The van der Waals surface area contributed by atoms with Crippen LogP contribution < -0.4 is 5.32 Å². The Balaban J connectivity index is 0.00000144. The highest BCUT2D eigenvalue weighted by Gasteiger charge is 2.22. The van der Waals surface area contributed by atoms with Gasteiger partial charge in [0.25, 0.3) is 0 Å². The first-order valence-electron chi connectivity index (χ1n) is 5.43. The average molecular weight is 361 g/mol. The zero-order valence-electron chi connectivity index (χ0n) is 9.81. The second-order valence-corrected chi connectivity index (χ2v) is 4.68. The number of rotatable bonds is 3. The van der Waals surface area contributed by atoms with Crippen LogP contribution >= 0.6 is 40.7 Å². The Labute approximate surface area is 127 Å². The van der Waals surface area contributed by atoms with Gasteiger partial charge in [-0.2, -0.15) is 0 Å². The fraction of sp³-hybridized carbons (Fsp3) is 0.545. The summed E-state index contributed by atoms with van der Waals surface area (Å²) in [5.74, 6) is 0. The van der Waals surface area contributed by atoms with Crippen LogP contribution in [0.15, 0.2) is 22.9 Å². The van der Waals surface area contributed by atoms with Crippen molar-refractivity contribution in [3.8, 4) is 0 Å². The van der Waals surface area contributed by atoms with E-state index in [0.29, 0.717) is 0 Å². The maximum Gasteiger partial charge on any atom is 0.109 e. The Hall–Kier alpha value is 0.0600. The van der Waals surface area contributed by atoms with Crippen molar-refractivity contribution in [2.24, 2.45) is 0 Å². The molecule has 0 spiro atoms. The molecule has 18 heavy (non-hydrogen) atoms. The third kappa shape index (κ3) is 4.63. The van der Waals surface area contributed by atoms with Crippen LogP contribution in [0, 0.1) is 0 Å². The van der Waals surface area contributed by atoms with E-state index in [0.717, 1.165) is 36.3 Å². The highest BCUT2D eigenvalue weighted by Crippen LogP contribution is 2.22. The maximum atomic E-state index is 13.1. The number of nitrogens with zero attached hydrogens (tertiary/aromatic N) is 2. The van der Waals surface area contributed by atoms with Gasteiger partial charge in [-0.15, -0.1) is 24.8 Å². The van der Waals surface area contributed by atoms with Crippen LogP contribution in [0.4, 0.5) is 4.39 Å². The third-order valence-electron chi connectivity index (χ3n) is 2.87. The largest absolute Gasteiger partial charge is 0.314 e. The Morgan fingerprint density at radius 3 is 2.50 bits per heavy atom. The monoisotopic (exact) mass is 359 g/mol. The summed E-state index contributed by atoms with van der Waals surface area (Å²) in [7, 11) is 0. The zero-order chi connectivity index (χ0) is 11.4. The first-order chi connectivity index (χ1) is 7.81. The highest BCUT2D eigenvalue weighted by molar-refractivity contribution is 9.10. The third-order valence-corrected chi connectivity index (χ3v) is 3.34. The Morgan fingerprint density at radius 1 is 1.33 bits per heavy atom. The quantitative estimate of drug-likeness (QED) is 0.840. The second-order valence-electron chi connectivity index (χ2n) is 3.87. The molecule has 0 aromatic carbocycles. The Kier molecular flexibility index (Phi) is 9.07. The molecule has 0 saturated carbocycles. The van der Waals surface area contributed by atoms with Gasteiger partial charge in [-0.1, -0.05) is 6.07 Å². The van der Waals surface area contributed by atoms with E-state index in [9.17, 15) is 4.39 Å². The summed E-state index contributed by atoms with van der Waals surface area (Å²) >= 11 is 3.28. The molecule has 1 aromatic rings. The molecule has 2 rings (SSSR count). The van der Waals surface area contributed by atoms with E-state index < -0.39 is 0 Å². The number of alkyl halides is 1. The van der Waals surface area contributed by atoms with Crippen molar-refractivity contribution < 1.29 is 4.39 Å². The smallest absolute Gasteiger partial charge is 0.109 e. The van der Waals surface area contributed by atoms with Crippen LogP contribution in [0.2, 0.25) is 0 Å². The number of nitrogens with one attached hydrogen (secondary N) is 1. The minimum atomic E-state index is -0.358. The molecule has 1 saturated heterocycles. The van der Waals surface area contributed by atoms with E-state index in [1.807, 2.05) is 12.1 Å². The number of piperazine rings is 1. The SMILES string of the molecule is Cl.Cl.FC[C@@H](c1ccc(Br)nc1)N1CCNCC1. The Bertz CT molecular complexity index is 334.